The molecule has 1 aliphatic heterocycles. The van der Waals surface area contributed by atoms with Crippen molar-refractivity contribution >= 4 is 0 Å². The average Bonchev–Trinajstić information content (AvgIpc) is 2.55. The second-order valence-electron chi connectivity index (χ2n) is 7.87. The van der Waals surface area contributed by atoms with Gasteiger partial charge in [0, 0.05) is 18.8 Å². The summed E-state index contributed by atoms with van der Waals surface area (Å²) in [6.45, 7) is 8.81. The molecule has 1 aromatic rings. The normalized spacial score (nSPS) is 24.4. The van der Waals surface area contributed by atoms with E-state index in [9.17, 15) is 5.11 Å². The number of phenols is 1. The highest BCUT2D eigenvalue weighted by molar-refractivity contribution is 5.53. The summed E-state index contributed by atoms with van der Waals surface area (Å²) in [7, 11) is 1.25. The lowest BCUT2D eigenvalue weighted by Gasteiger charge is -2.46. The number of ether oxygens (including phenoxy) is 1. The largest absolute Gasteiger partial charge is 0.507 e. The van der Waals surface area contributed by atoms with Gasteiger partial charge < -0.3 is 9.84 Å². The summed E-state index contributed by atoms with van der Waals surface area (Å²) >= 11 is 0. The first kappa shape index (κ1) is 17.4. The Morgan fingerprint density at radius 1 is 1.33 bits per heavy atom. The molecule has 2 aliphatic rings. The topological polar surface area (TPSA) is 29.5 Å². The molecule has 0 fully saturated rings. The lowest BCUT2D eigenvalue weighted by atomic mass is 9.68. The molecule has 0 saturated heterocycles. The molecular weight excluding hydrogens is 296 g/mol. The molecule has 1 unspecified atom stereocenters. The summed E-state index contributed by atoms with van der Waals surface area (Å²) in [5.41, 5.74) is 3.46. The number of hydrogen-bond donors (Lipinski definition) is 1. The molecule has 3 rings (SSSR count). The van der Waals surface area contributed by atoms with Crippen LogP contribution in [0.3, 0.4) is 0 Å². The van der Waals surface area contributed by atoms with Crippen LogP contribution >= 0.6 is 0 Å². The SMILES string of the molecule is CCCCCc1cc(O)c2c(c1)OC(C)(C)[C@@H]1CCC(C)=CC21.[3H]C. The number of benzene rings is 1. The van der Waals surface area contributed by atoms with Gasteiger partial charge in [-0.3, -0.25) is 0 Å². The van der Waals surface area contributed by atoms with Crippen molar-refractivity contribution in [3.63, 3.8) is 0 Å². The van der Waals surface area contributed by atoms with E-state index in [1.54, 1.807) is 0 Å². The van der Waals surface area contributed by atoms with Crippen LogP contribution in [0.5, 0.6) is 11.5 Å². The second kappa shape index (κ2) is 7.21. The Morgan fingerprint density at radius 2 is 2.08 bits per heavy atom. The van der Waals surface area contributed by atoms with Crippen molar-refractivity contribution in [2.24, 2.45) is 5.92 Å². The van der Waals surface area contributed by atoms with E-state index in [1.807, 2.05) is 6.07 Å². The Bertz CT molecular complexity index is 619. The quantitative estimate of drug-likeness (QED) is 0.512. The van der Waals surface area contributed by atoms with Crippen molar-refractivity contribution in [3.05, 3.63) is 34.9 Å². The minimum absolute atomic E-state index is 0.177. The summed E-state index contributed by atoms with van der Waals surface area (Å²) in [6, 6.07) is 4.13. The smallest absolute Gasteiger partial charge is 0.127 e. The third-order valence-corrected chi connectivity index (χ3v) is 5.60. The third-order valence-electron chi connectivity index (χ3n) is 5.60. The molecule has 1 heterocycles. The van der Waals surface area contributed by atoms with Crippen LogP contribution in [0.4, 0.5) is 0 Å². The van der Waals surface area contributed by atoms with Gasteiger partial charge in [-0.15, -0.1) is 0 Å². The molecule has 0 bridgehead atoms. The predicted molar refractivity (Wildman–Crippen MR) is 102 cm³/mol. The number of unbranched alkanes of at least 4 members (excludes halogenated alkanes) is 2. The maximum Gasteiger partial charge on any atom is 0.127 e. The van der Waals surface area contributed by atoms with E-state index in [1.165, 1.54) is 37.8 Å². The first-order valence-electron chi connectivity index (χ1n) is 10.1. The van der Waals surface area contributed by atoms with Gasteiger partial charge in [0.1, 0.15) is 17.1 Å². The van der Waals surface area contributed by atoms with Crippen molar-refractivity contribution in [1.29, 1.82) is 0 Å². The van der Waals surface area contributed by atoms with Gasteiger partial charge in [-0.2, -0.15) is 0 Å². The maximum atomic E-state index is 10.7. The number of aromatic hydroxyl groups is 1. The van der Waals surface area contributed by atoms with Crippen LogP contribution in [0.1, 0.15) is 85.6 Å². The lowest BCUT2D eigenvalue weighted by Crippen LogP contribution is -2.45. The molecule has 0 radical (unpaired) electrons. The van der Waals surface area contributed by atoms with Crippen LogP contribution < -0.4 is 4.74 Å². The van der Waals surface area contributed by atoms with Crippen molar-refractivity contribution in [2.75, 3.05) is 0 Å². The Kier molecular flexibility index (Phi) is 5.22. The van der Waals surface area contributed by atoms with Crippen LogP contribution in [0.2, 0.25) is 0 Å². The highest BCUT2D eigenvalue weighted by Crippen LogP contribution is 2.53. The minimum Gasteiger partial charge on any atom is -0.507 e. The fourth-order valence-electron chi connectivity index (χ4n) is 4.30. The van der Waals surface area contributed by atoms with Crippen LogP contribution in [0.15, 0.2) is 23.8 Å². The fourth-order valence-corrected chi connectivity index (χ4v) is 4.30. The van der Waals surface area contributed by atoms with Gasteiger partial charge in [-0.05, 0) is 64.2 Å². The van der Waals surface area contributed by atoms with Gasteiger partial charge in [-0.1, -0.05) is 38.8 Å². The number of rotatable bonds is 4. The zero-order valence-electron chi connectivity index (χ0n) is 17.0. The summed E-state index contributed by atoms with van der Waals surface area (Å²) < 4.78 is 12.1. The molecular formula is C22H34O2. The minimum atomic E-state index is -0.177. The number of aryl methyl sites for hydroxylation is 1. The Labute approximate surface area is 149 Å². The fraction of sp³-hybridized carbons (Fsp3) is 0.636. The highest BCUT2D eigenvalue weighted by Gasteiger charge is 2.45. The lowest BCUT2D eigenvalue weighted by molar-refractivity contribution is 0.0107. The molecule has 1 aromatic carbocycles. The molecule has 0 aromatic heterocycles. The molecule has 0 spiro atoms. The number of fused-ring (bicyclic) bond motifs is 3. The molecule has 0 saturated carbocycles. The second-order valence-corrected chi connectivity index (χ2v) is 7.87. The van der Waals surface area contributed by atoms with Gasteiger partial charge in [-0.25, -0.2) is 0 Å². The van der Waals surface area contributed by atoms with Crippen LogP contribution in [0.25, 0.3) is 0 Å². The number of phenolic OH excluding ortho intramolecular Hbond substituents is 1. The number of hydrogen-bond acceptors (Lipinski definition) is 2. The summed E-state index contributed by atoms with van der Waals surface area (Å²) in [6.07, 6.45) is 9.26. The van der Waals surface area contributed by atoms with Gasteiger partial charge in [0.25, 0.3) is 0 Å². The van der Waals surface area contributed by atoms with E-state index in [4.69, 9.17) is 6.11 Å². The van der Waals surface area contributed by atoms with Crippen LogP contribution in [-0.4, -0.2) is 10.7 Å². The summed E-state index contributed by atoms with van der Waals surface area (Å²) in [5.74, 6) is 2.04. The van der Waals surface area contributed by atoms with E-state index in [-0.39, 0.29) is 11.5 Å². The predicted octanol–water partition coefficient (Wildman–Crippen LogP) is 6.37. The van der Waals surface area contributed by atoms with Crippen molar-refractivity contribution < 1.29 is 11.2 Å². The Hall–Kier alpha value is -1.44. The molecule has 1 aliphatic carbocycles. The van der Waals surface area contributed by atoms with E-state index < -0.39 is 0 Å². The van der Waals surface area contributed by atoms with Gasteiger partial charge >= 0.3 is 0 Å². The molecule has 2 nitrogen and oxygen atoms in total. The van der Waals surface area contributed by atoms with Gasteiger partial charge in [0.15, 0.2) is 0 Å². The van der Waals surface area contributed by atoms with Crippen molar-refractivity contribution in [2.45, 2.75) is 85.1 Å². The van der Waals surface area contributed by atoms with Gasteiger partial charge in [0.2, 0.25) is 0 Å². The molecule has 0 amide bonds. The first-order chi connectivity index (χ1) is 11.9. The van der Waals surface area contributed by atoms with E-state index in [0.717, 1.165) is 30.6 Å². The zero-order valence-corrected chi connectivity index (χ0v) is 16.0. The van der Waals surface area contributed by atoms with E-state index >= 15 is 0 Å². The van der Waals surface area contributed by atoms with E-state index in [2.05, 4.69) is 39.8 Å². The van der Waals surface area contributed by atoms with Crippen molar-refractivity contribution in [1.82, 2.24) is 0 Å². The first-order valence-corrected chi connectivity index (χ1v) is 9.14. The average molecular weight is 333 g/mol. The van der Waals surface area contributed by atoms with Crippen molar-refractivity contribution in [3.8, 4) is 11.5 Å². The molecule has 24 heavy (non-hydrogen) atoms. The van der Waals surface area contributed by atoms with Crippen LogP contribution in [-0.2, 0) is 6.42 Å². The van der Waals surface area contributed by atoms with Crippen LogP contribution in [0, 0.1) is 5.92 Å². The summed E-state index contributed by atoms with van der Waals surface area (Å²) in [4.78, 5) is 0. The monoisotopic (exact) mass is 332 g/mol. The summed E-state index contributed by atoms with van der Waals surface area (Å²) in [5, 5.41) is 10.7. The van der Waals surface area contributed by atoms with Gasteiger partial charge in [0.05, 0.1) is 0 Å². The molecule has 2 atom stereocenters. The number of allylic oxidation sites excluding steroid dienone is 2. The Balaban J connectivity index is 0.00000109. The Morgan fingerprint density at radius 3 is 2.79 bits per heavy atom. The maximum absolute atomic E-state index is 10.7. The zero-order chi connectivity index (χ0) is 18.6. The molecule has 134 valence electrons. The molecule has 1 N–H and O–H groups in total. The standard InChI is InChI=1S/C21H30O2.CH4/c1-5-6-7-8-15-12-18(22)20-16-11-14(2)9-10-17(16)21(3,4)23-19(20)13-15;/h11-13,16-17,22H,5-10H2,1-4H3;1H4/t16?,17-;/m1./s1/i;1T. The third kappa shape index (κ3) is 3.48. The van der Waals surface area contributed by atoms with E-state index in [0.29, 0.717) is 11.7 Å². The highest BCUT2D eigenvalue weighted by atomic mass is 16.5. The molecule has 2 heteroatoms.